The molecule has 0 radical (unpaired) electrons. The molecule has 5 rings (SSSR count). The Balaban J connectivity index is 1.24. The lowest BCUT2D eigenvalue weighted by molar-refractivity contribution is -0.146. The minimum atomic E-state index is -0.875. The molecule has 1 saturated heterocycles. The number of hydrogen-bond donors (Lipinski definition) is 2. The van der Waals surface area contributed by atoms with Gasteiger partial charge < -0.3 is 20.1 Å². The highest BCUT2D eigenvalue weighted by Crippen LogP contribution is 2.44. The summed E-state index contributed by atoms with van der Waals surface area (Å²) < 4.78 is 5.63. The fourth-order valence-electron chi connectivity index (χ4n) is 5.15. The average molecular weight is 449 g/mol. The molecule has 1 aliphatic heterocycles. The number of benzene rings is 2. The van der Waals surface area contributed by atoms with Crippen molar-refractivity contribution in [2.45, 2.75) is 37.6 Å². The first-order chi connectivity index (χ1) is 16.0. The molecule has 172 valence electrons. The van der Waals surface area contributed by atoms with Crippen LogP contribution in [0.25, 0.3) is 11.1 Å². The van der Waals surface area contributed by atoms with E-state index in [2.05, 4.69) is 29.6 Å². The van der Waals surface area contributed by atoms with Crippen LogP contribution >= 0.6 is 0 Å². The van der Waals surface area contributed by atoms with E-state index in [1.807, 2.05) is 24.3 Å². The van der Waals surface area contributed by atoms with Gasteiger partial charge in [0.05, 0.1) is 5.92 Å². The molecule has 7 heteroatoms. The van der Waals surface area contributed by atoms with E-state index in [0.29, 0.717) is 19.4 Å². The number of amides is 2. The lowest BCUT2D eigenvalue weighted by Gasteiger charge is -2.33. The molecule has 1 saturated carbocycles. The summed E-state index contributed by atoms with van der Waals surface area (Å²) in [6.45, 7) is 0.915. The second kappa shape index (κ2) is 8.89. The van der Waals surface area contributed by atoms with Crippen LogP contribution in [0.1, 0.15) is 42.7 Å². The van der Waals surface area contributed by atoms with Crippen molar-refractivity contribution in [3.05, 3.63) is 59.7 Å². The first kappa shape index (κ1) is 21.5. The molecule has 0 aromatic heterocycles. The SMILES string of the molecule is O=C(NC(C(=O)N1CCC[C@@H](C(=O)O)C1)C1CC1)OCC1c2ccccc2-c2ccccc21. The van der Waals surface area contributed by atoms with Gasteiger partial charge in [-0.05, 0) is 53.9 Å². The van der Waals surface area contributed by atoms with Crippen LogP contribution in [0, 0.1) is 11.8 Å². The number of carbonyl (C=O) groups excluding carboxylic acids is 2. The minimum Gasteiger partial charge on any atom is -0.481 e. The normalized spacial score (nSPS) is 20.5. The smallest absolute Gasteiger partial charge is 0.407 e. The van der Waals surface area contributed by atoms with Crippen LogP contribution in [0.3, 0.4) is 0 Å². The fraction of sp³-hybridized carbons (Fsp3) is 0.423. The maximum absolute atomic E-state index is 13.1. The summed E-state index contributed by atoms with van der Waals surface area (Å²) in [7, 11) is 0. The van der Waals surface area contributed by atoms with Gasteiger partial charge in [-0.25, -0.2) is 4.79 Å². The van der Waals surface area contributed by atoms with Gasteiger partial charge in [0.25, 0.3) is 0 Å². The highest BCUT2D eigenvalue weighted by molar-refractivity contribution is 5.87. The summed E-state index contributed by atoms with van der Waals surface area (Å²) in [6, 6.07) is 15.6. The average Bonchev–Trinajstić information content (AvgIpc) is 3.63. The highest BCUT2D eigenvalue weighted by atomic mass is 16.5. The maximum atomic E-state index is 13.1. The predicted octanol–water partition coefficient (Wildman–Crippen LogP) is 3.63. The maximum Gasteiger partial charge on any atom is 0.407 e. The van der Waals surface area contributed by atoms with Crippen LogP contribution in [-0.2, 0) is 14.3 Å². The number of rotatable bonds is 6. The molecule has 7 nitrogen and oxygen atoms in total. The van der Waals surface area contributed by atoms with Crippen LogP contribution in [0.5, 0.6) is 0 Å². The van der Waals surface area contributed by atoms with E-state index < -0.39 is 24.0 Å². The third kappa shape index (κ3) is 4.32. The molecule has 0 bridgehead atoms. The van der Waals surface area contributed by atoms with E-state index in [-0.39, 0.29) is 30.9 Å². The van der Waals surface area contributed by atoms with Crippen LogP contribution < -0.4 is 5.32 Å². The van der Waals surface area contributed by atoms with Gasteiger partial charge in [0.2, 0.25) is 5.91 Å². The number of carboxylic acids is 1. The molecule has 2 amide bonds. The Labute approximate surface area is 192 Å². The molecule has 2 fully saturated rings. The van der Waals surface area contributed by atoms with Gasteiger partial charge in [-0.1, -0.05) is 48.5 Å². The van der Waals surface area contributed by atoms with Crippen molar-refractivity contribution in [2.24, 2.45) is 11.8 Å². The number of nitrogens with one attached hydrogen (secondary N) is 1. The number of ether oxygens (including phenoxy) is 1. The van der Waals surface area contributed by atoms with Gasteiger partial charge in [0, 0.05) is 19.0 Å². The summed E-state index contributed by atoms with van der Waals surface area (Å²) in [6.07, 6.45) is 2.37. The molecule has 2 aliphatic carbocycles. The summed E-state index contributed by atoms with van der Waals surface area (Å²) in [5.74, 6) is -1.58. The molecular formula is C26H28N2O5. The minimum absolute atomic E-state index is 0.0448. The van der Waals surface area contributed by atoms with Crippen LogP contribution in [0.15, 0.2) is 48.5 Å². The van der Waals surface area contributed by atoms with E-state index in [1.165, 1.54) is 0 Å². The van der Waals surface area contributed by atoms with Crippen molar-refractivity contribution >= 4 is 18.0 Å². The summed E-state index contributed by atoms with van der Waals surface area (Å²) in [4.78, 5) is 38.8. The molecule has 2 N–H and O–H groups in total. The van der Waals surface area contributed by atoms with E-state index >= 15 is 0 Å². The van der Waals surface area contributed by atoms with Crippen molar-refractivity contribution in [1.82, 2.24) is 10.2 Å². The van der Waals surface area contributed by atoms with Crippen molar-refractivity contribution in [3.63, 3.8) is 0 Å². The standard InChI is InChI=1S/C26H28N2O5/c29-24(28-13-5-6-17(14-28)25(30)31)23(16-11-12-16)27-26(32)33-15-22-20-9-3-1-7-18(20)19-8-2-4-10-21(19)22/h1-4,7-10,16-17,22-23H,5-6,11-15H2,(H,27,32)(H,30,31)/t17-,23?/m1/s1. The monoisotopic (exact) mass is 448 g/mol. The Hall–Kier alpha value is -3.35. The van der Waals surface area contributed by atoms with Crippen molar-refractivity contribution in [2.75, 3.05) is 19.7 Å². The number of nitrogens with zero attached hydrogens (tertiary/aromatic N) is 1. The lowest BCUT2D eigenvalue weighted by Crippen LogP contribution is -2.53. The van der Waals surface area contributed by atoms with Gasteiger partial charge in [-0.15, -0.1) is 0 Å². The molecule has 2 aromatic carbocycles. The van der Waals surface area contributed by atoms with Crippen molar-refractivity contribution < 1.29 is 24.2 Å². The number of hydrogen-bond acceptors (Lipinski definition) is 4. The zero-order chi connectivity index (χ0) is 22.9. The number of alkyl carbamates (subject to hydrolysis) is 1. The third-order valence-electron chi connectivity index (χ3n) is 7.06. The Morgan fingerprint density at radius 3 is 2.24 bits per heavy atom. The number of carboxylic acid groups (broad SMARTS) is 1. The number of likely N-dealkylation sites (tertiary alicyclic amines) is 1. The number of carbonyl (C=O) groups is 3. The second-order valence-corrected chi connectivity index (χ2v) is 9.25. The second-order valence-electron chi connectivity index (χ2n) is 9.25. The van der Waals surface area contributed by atoms with E-state index in [9.17, 15) is 19.5 Å². The molecule has 2 atom stereocenters. The first-order valence-electron chi connectivity index (χ1n) is 11.7. The highest BCUT2D eigenvalue weighted by Gasteiger charge is 2.41. The summed E-state index contributed by atoms with van der Waals surface area (Å²) >= 11 is 0. The predicted molar refractivity (Wildman–Crippen MR) is 122 cm³/mol. The zero-order valence-electron chi connectivity index (χ0n) is 18.4. The van der Waals surface area contributed by atoms with Gasteiger partial charge in [-0.2, -0.15) is 0 Å². The van der Waals surface area contributed by atoms with Gasteiger partial charge in [0.1, 0.15) is 12.6 Å². The van der Waals surface area contributed by atoms with Crippen LogP contribution in [-0.4, -0.2) is 53.7 Å². The van der Waals surface area contributed by atoms with Gasteiger partial charge in [-0.3, -0.25) is 9.59 Å². The summed E-state index contributed by atoms with van der Waals surface area (Å²) in [5.41, 5.74) is 4.58. The molecule has 1 unspecified atom stereocenters. The third-order valence-corrected chi connectivity index (χ3v) is 7.06. The zero-order valence-corrected chi connectivity index (χ0v) is 18.4. The van der Waals surface area contributed by atoms with Crippen LogP contribution in [0.4, 0.5) is 4.79 Å². The Morgan fingerprint density at radius 2 is 1.64 bits per heavy atom. The van der Waals surface area contributed by atoms with Gasteiger partial charge in [0.15, 0.2) is 0 Å². The summed E-state index contributed by atoms with van der Waals surface area (Å²) in [5, 5.41) is 12.1. The molecular weight excluding hydrogens is 420 g/mol. The molecule has 2 aromatic rings. The largest absolute Gasteiger partial charge is 0.481 e. The quantitative estimate of drug-likeness (QED) is 0.704. The van der Waals surface area contributed by atoms with Crippen LogP contribution in [0.2, 0.25) is 0 Å². The van der Waals surface area contributed by atoms with Crippen molar-refractivity contribution in [3.8, 4) is 11.1 Å². The van der Waals surface area contributed by atoms with Gasteiger partial charge >= 0.3 is 12.1 Å². The Morgan fingerprint density at radius 1 is 1.00 bits per heavy atom. The van der Waals surface area contributed by atoms with E-state index in [1.54, 1.807) is 4.90 Å². The number of piperidine rings is 1. The number of fused-ring (bicyclic) bond motifs is 3. The molecule has 1 heterocycles. The first-order valence-corrected chi connectivity index (χ1v) is 11.7. The van der Waals surface area contributed by atoms with E-state index in [0.717, 1.165) is 35.1 Å². The lowest BCUT2D eigenvalue weighted by atomic mass is 9.97. The number of aliphatic carboxylic acids is 1. The van der Waals surface area contributed by atoms with Crippen molar-refractivity contribution in [1.29, 1.82) is 0 Å². The molecule has 3 aliphatic rings. The molecule has 33 heavy (non-hydrogen) atoms. The fourth-order valence-corrected chi connectivity index (χ4v) is 5.15. The Kier molecular flexibility index (Phi) is 5.79. The molecule has 0 spiro atoms. The Bertz CT molecular complexity index is 1030. The topological polar surface area (TPSA) is 95.9 Å². The van der Waals surface area contributed by atoms with E-state index in [4.69, 9.17) is 4.74 Å².